The van der Waals surface area contributed by atoms with Gasteiger partial charge in [-0.15, -0.1) is 0 Å². The van der Waals surface area contributed by atoms with E-state index in [1.165, 1.54) is 38.5 Å². The Balaban J connectivity index is 4.28. The first-order chi connectivity index (χ1) is 23.5. The van der Waals surface area contributed by atoms with Gasteiger partial charge < -0.3 is 29.5 Å². The van der Waals surface area contributed by atoms with E-state index in [1.807, 2.05) is 30.4 Å². The second-order valence-electron chi connectivity index (χ2n) is 12.8. The Morgan fingerprint density at radius 2 is 1.20 bits per heavy atom. The lowest BCUT2D eigenvalue weighted by Gasteiger charge is -2.18. The smallest absolute Gasteiger partial charge is 0.462 e. The van der Waals surface area contributed by atoms with Crippen LogP contribution < -0.4 is 0 Å². The molecule has 0 amide bonds. The van der Waals surface area contributed by atoms with Crippen molar-refractivity contribution in [1.82, 2.24) is 0 Å². The number of aliphatic hydroxyl groups is 2. The highest BCUT2D eigenvalue weighted by molar-refractivity contribution is 7.46. The average Bonchev–Trinajstić information content (AvgIpc) is 3.05. The normalized spacial score (nSPS) is 15.0. The number of carbonyl (C=O) groups excluding carboxylic acids is 2. The first-order valence-electron chi connectivity index (χ1n) is 18.5. The van der Waals surface area contributed by atoms with E-state index in [2.05, 4.69) is 25.3 Å². The molecule has 0 radical (unpaired) electrons. The minimum Gasteiger partial charge on any atom is -0.462 e. The molecule has 0 heterocycles. The third-order valence-electron chi connectivity index (χ3n) is 8.10. The molecule has 1 unspecified atom stereocenters. The van der Waals surface area contributed by atoms with Crippen LogP contribution in [0.5, 0.6) is 0 Å². The van der Waals surface area contributed by atoms with Crippen molar-refractivity contribution in [1.29, 1.82) is 0 Å². The number of unbranched alkanes of at least 4 members (excludes halogenated alkanes) is 9. The predicted molar refractivity (Wildman–Crippen MR) is 196 cm³/mol. The summed E-state index contributed by atoms with van der Waals surface area (Å²) in [6, 6.07) is 0. The topological polar surface area (TPSA) is 160 Å². The summed E-state index contributed by atoms with van der Waals surface area (Å²) in [5.74, 6) is -0.310. The summed E-state index contributed by atoms with van der Waals surface area (Å²) in [7, 11) is -4.81. The Kier molecular flexibility index (Phi) is 30.5. The molecule has 0 saturated carbocycles. The van der Waals surface area contributed by atoms with Gasteiger partial charge in [0.05, 0.1) is 18.8 Å². The molecule has 0 saturated heterocycles. The van der Waals surface area contributed by atoms with Gasteiger partial charge in [-0.3, -0.25) is 14.1 Å². The van der Waals surface area contributed by atoms with Crippen LogP contribution in [0.1, 0.15) is 143 Å². The average molecular weight is 715 g/mol. The first-order valence-corrected chi connectivity index (χ1v) is 20.1. The van der Waals surface area contributed by atoms with Crippen LogP contribution in [0.25, 0.3) is 0 Å². The van der Waals surface area contributed by atoms with E-state index in [1.54, 1.807) is 18.2 Å². The number of aliphatic hydroxyl groups excluding tert-OH is 2. The van der Waals surface area contributed by atoms with E-state index in [4.69, 9.17) is 19.3 Å². The number of phosphoric acid groups is 1. The number of rotatable bonds is 32. The molecule has 0 aromatic carbocycles. The highest BCUT2D eigenvalue weighted by Gasteiger charge is 2.23. The van der Waals surface area contributed by atoms with Crippen molar-refractivity contribution in [3.63, 3.8) is 0 Å². The number of hydrogen-bond donors (Lipinski definition) is 4. The number of phosphoric ester groups is 1. The number of esters is 2. The zero-order valence-electron chi connectivity index (χ0n) is 30.5. The summed E-state index contributed by atoms with van der Waals surface area (Å²) in [4.78, 5) is 42.7. The number of hydrogen-bond acceptors (Lipinski definition) is 8. The molecule has 0 aromatic heterocycles. The fraction of sp³-hybridized carbons (Fsp3) is 0.737. The van der Waals surface area contributed by atoms with Crippen LogP contribution in [0.4, 0.5) is 0 Å². The fourth-order valence-corrected chi connectivity index (χ4v) is 5.22. The molecule has 11 heteroatoms. The molecule has 4 N–H and O–H groups in total. The van der Waals surface area contributed by atoms with Gasteiger partial charge in [0.25, 0.3) is 0 Å². The van der Waals surface area contributed by atoms with Gasteiger partial charge in [0.1, 0.15) is 6.61 Å². The molecule has 0 spiro atoms. The van der Waals surface area contributed by atoms with Crippen molar-refractivity contribution in [3.8, 4) is 0 Å². The Morgan fingerprint density at radius 1 is 0.673 bits per heavy atom. The highest BCUT2D eigenvalue weighted by Crippen LogP contribution is 2.36. The summed E-state index contributed by atoms with van der Waals surface area (Å²) in [6.07, 6.45) is 29.1. The van der Waals surface area contributed by atoms with Gasteiger partial charge in [-0.1, -0.05) is 146 Å². The molecular formula is C38H67O10P. The van der Waals surface area contributed by atoms with Crippen molar-refractivity contribution in [3.05, 3.63) is 48.6 Å². The maximum absolute atomic E-state index is 12.4. The highest BCUT2D eigenvalue weighted by atomic mass is 31.2. The Morgan fingerprint density at radius 3 is 1.78 bits per heavy atom. The Hall–Kier alpha value is -2.07. The zero-order valence-corrected chi connectivity index (χ0v) is 31.4. The molecule has 49 heavy (non-hydrogen) atoms. The molecule has 0 aliphatic heterocycles. The Labute approximate surface area is 296 Å². The SMILES string of the molecule is CCCCC[C@@H](O)/C=C/C=C\C/C=C\C=C\[C@@H](O)CCCC(=O)O[C@H](COC(=O)CCCCCCCCCCC(C)CC)COP(=O)(O)O. The standard InChI is InChI=1S/C38H67O10P/c1-4-6-18-25-34(39)26-20-15-11-9-12-16-21-27-35(40)28-23-30-38(42)48-36(32-47-49(43,44)45)31-46-37(41)29-22-17-13-8-7-10-14-19-24-33(3)5-2/h11-12,15-16,20-21,26-27,33-36,39-40H,4-10,13-14,17-19,22-25,28-32H2,1-3H3,(H2,43,44,45)/b15-11-,16-12-,26-20+,27-21+/t33?,34-,35-,36-/m1/s1. The van der Waals surface area contributed by atoms with Gasteiger partial charge in [0.2, 0.25) is 0 Å². The van der Waals surface area contributed by atoms with E-state index < -0.39 is 44.7 Å². The van der Waals surface area contributed by atoms with Crippen molar-refractivity contribution < 1.29 is 48.2 Å². The molecule has 284 valence electrons. The first kappa shape index (κ1) is 46.9. The zero-order chi connectivity index (χ0) is 36.6. The van der Waals surface area contributed by atoms with Gasteiger partial charge in [-0.2, -0.15) is 0 Å². The van der Waals surface area contributed by atoms with E-state index >= 15 is 0 Å². The molecule has 0 rings (SSSR count). The fourth-order valence-electron chi connectivity index (χ4n) is 4.86. The maximum Gasteiger partial charge on any atom is 0.469 e. The number of ether oxygens (including phenoxy) is 2. The molecule has 0 aliphatic carbocycles. The van der Waals surface area contributed by atoms with E-state index in [0.717, 1.165) is 50.9 Å². The van der Waals surface area contributed by atoms with Crippen LogP contribution in [0.2, 0.25) is 0 Å². The lowest BCUT2D eigenvalue weighted by molar-refractivity contribution is -0.161. The van der Waals surface area contributed by atoms with Gasteiger partial charge in [0.15, 0.2) is 6.10 Å². The van der Waals surface area contributed by atoms with Crippen molar-refractivity contribution in [2.24, 2.45) is 5.92 Å². The third-order valence-corrected chi connectivity index (χ3v) is 8.58. The van der Waals surface area contributed by atoms with E-state index in [9.17, 15) is 24.4 Å². The summed E-state index contributed by atoms with van der Waals surface area (Å²) >= 11 is 0. The molecule has 0 aromatic rings. The summed E-state index contributed by atoms with van der Waals surface area (Å²) < 4.78 is 26.1. The van der Waals surface area contributed by atoms with Crippen LogP contribution in [-0.2, 0) is 28.2 Å². The maximum atomic E-state index is 12.4. The molecule has 0 bridgehead atoms. The quantitative estimate of drug-likeness (QED) is 0.0230. The van der Waals surface area contributed by atoms with Gasteiger partial charge in [-0.25, -0.2) is 4.57 Å². The molecule has 10 nitrogen and oxygen atoms in total. The lowest BCUT2D eigenvalue weighted by atomic mass is 9.99. The van der Waals surface area contributed by atoms with Crippen LogP contribution in [-0.4, -0.2) is 63.5 Å². The minimum absolute atomic E-state index is 0.0371. The van der Waals surface area contributed by atoms with Crippen LogP contribution in [0, 0.1) is 5.92 Å². The largest absolute Gasteiger partial charge is 0.469 e. The predicted octanol–water partition coefficient (Wildman–Crippen LogP) is 8.59. The Bertz CT molecular complexity index is 987. The lowest BCUT2D eigenvalue weighted by Crippen LogP contribution is -2.29. The monoisotopic (exact) mass is 714 g/mol. The third kappa shape index (κ3) is 34.2. The number of carbonyl (C=O) groups is 2. The number of allylic oxidation sites excluding steroid dienone is 6. The van der Waals surface area contributed by atoms with E-state index in [0.29, 0.717) is 25.7 Å². The molecule has 0 fully saturated rings. The summed E-state index contributed by atoms with van der Waals surface area (Å²) in [6.45, 7) is 5.68. The summed E-state index contributed by atoms with van der Waals surface area (Å²) in [5, 5.41) is 20.0. The van der Waals surface area contributed by atoms with Crippen molar-refractivity contribution in [2.45, 2.75) is 161 Å². The van der Waals surface area contributed by atoms with Gasteiger partial charge in [0, 0.05) is 12.8 Å². The van der Waals surface area contributed by atoms with Crippen LogP contribution in [0.15, 0.2) is 48.6 Å². The van der Waals surface area contributed by atoms with Crippen molar-refractivity contribution >= 4 is 19.8 Å². The second kappa shape index (κ2) is 31.9. The van der Waals surface area contributed by atoms with Crippen molar-refractivity contribution in [2.75, 3.05) is 13.2 Å². The molecule has 0 aliphatic rings. The summed E-state index contributed by atoms with van der Waals surface area (Å²) in [5.41, 5.74) is 0. The van der Waals surface area contributed by atoms with Gasteiger partial charge in [-0.05, 0) is 38.0 Å². The van der Waals surface area contributed by atoms with E-state index in [-0.39, 0.29) is 19.4 Å². The molecular weight excluding hydrogens is 647 g/mol. The molecule has 4 atom stereocenters. The minimum atomic E-state index is -4.81. The van der Waals surface area contributed by atoms with Crippen LogP contribution in [0.3, 0.4) is 0 Å². The van der Waals surface area contributed by atoms with Crippen LogP contribution >= 0.6 is 7.82 Å². The van der Waals surface area contributed by atoms with Gasteiger partial charge >= 0.3 is 19.8 Å². The second-order valence-corrected chi connectivity index (χ2v) is 14.1.